The molecule has 68 valence electrons. The number of anilines is 1. The maximum Gasteiger partial charge on any atom is 0.138 e. The summed E-state index contributed by atoms with van der Waals surface area (Å²) in [4.78, 5) is 0. The number of aromatic hydroxyl groups is 1. The highest BCUT2D eigenvalue weighted by atomic mass is 16.3. The van der Waals surface area contributed by atoms with Crippen LogP contribution >= 0.6 is 0 Å². The Morgan fingerprint density at radius 1 is 1.25 bits per heavy atom. The Morgan fingerprint density at radius 2 is 1.83 bits per heavy atom. The molecule has 2 N–H and O–H groups in total. The minimum Gasteiger partial charge on any atom is -0.506 e. The zero-order valence-corrected chi connectivity index (χ0v) is 8.18. The average molecular weight is 167 g/mol. The number of phenolic OH excluding ortho intramolecular Hbond substituents is 1. The molecule has 2 nitrogen and oxygen atoms in total. The lowest BCUT2D eigenvalue weighted by atomic mass is 10.2. The van der Waals surface area contributed by atoms with Crippen LogP contribution in [0.25, 0.3) is 0 Å². The standard InChI is InChI=1S/C8H11NO.C2H6/c1-6-3-4-7(9-2)8(10)5-6;1-2/h3-5,9-10H,1-2H3;1-2H3. The first kappa shape index (κ1) is 10.8. The van der Waals surface area contributed by atoms with E-state index in [2.05, 4.69) is 5.32 Å². The minimum atomic E-state index is 0.308. The van der Waals surface area contributed by atoms with Gasteiger partial charge in [0.15, 0.2) is 0 Å². The van der Waals surface area contributed by atoms with Crippen molar-refractivity contribution in [2.24, 2.45) is 0 Å². The predicted molar refractivity (Wildman–Crippen MR) is 53.7 cm³/mol. The van der Waals surface area contributed by atoms with Crippen LogP contribution in [0.2, 0.25) is 0 Å². The zero-order valence-electron chi connectivity index (χ0n) is 8.18. The van der Waals surface area contributed by atoms with Gasteiger partial charge in [0.1, 0.15) is 5.75 Å². The molecule has 0 aliphatic heterocycles. The topological polar surface area (TPSA) is 32.3 Å². The molecule has 0 saturated heterocycles. The third-order valence-corrected chi connectivity index (χ3v) is 1.42. The molecule has 0 bridgehead atoms. The van der Waals surface area contributed by atoms with E-state index >= 15 is 0 Å². The minimum absolute atomic E-state index is 0.308. The Morgan fingerprint density at radius 3 is 2.25 bits per heavy atom. The van der Waals surface area contributed by atoms with Crippen LogP contribution in [-0.2, 0) is 0 Å². The number of phenols is 1. The van der Waals surface area contributed by atoms with E-state index in [-0.39, 0.29) is 0 Å². The summed E-state index contributed by atoms with van der Waals surface area (Å²) in [5, 5.41) is 12.1. The number of aryl methyl sites for hydroxylation is 1. The van der Waals surface area contributed by atoms with Gasteiger partial charge in [0.25, 0.3) is 0 Å². The fraction of sp³-hybridized carbons (Fsp3) is 0.400. The maximum absolute atomic E-state index is 9.23. The normalized spacial score (nSPS) is 8.33. The number of hydrogen-bond acceptors (Lipinski definition) is 2. The molecule has 0 aliphatic rings. The van der Waals surface area contributed by atoms with Crippen LogP contribution in [0.4, 0.5) is 5.69 Å². The van der Waals surface area contributed by atoms with Crippen molar-refractivity contribution in [3.05, 3.63) is 23.8 Å². The molecule has 0 aliphatic carbocycles. The second kappa shape index (κ2) is 5.47. The molecule has 2 heteroatoms. The number of nitrogens with one attached hydrogen (secondary N) is 1. The average Bonchev–Trinajstić information content (AvgIpc) is 2.08. The Balaban J connectivity index is 0.000000561. The molecule has 0 amide bonds. The largest absolute Gasteiger partial charge is 0.506 e. The van der Waals surface area contributed by atoms with Crippen molar-refractivity contribution >= 4 is 5.69 Å². The van der Waals surface area contributed by atoms with Crippen LogP contribution in [0.15, 0.2) is 18.2 Å². The summed E-state index contributed by atoms with van der Waals surface area (Å²) >= 11 is 0. The molecule has 12 heavy (non-hydrogen) atoms. The summed E-state index contributed by atoms with van der Waals surface area (Å²) in [6.07, 6.45) is 0. The highest BCUT2D eigenvalue weighted by molar-refractivity contribution is 5.56. The van der Waals surface area contributed by atoms with Gasteiger partial charge >= 0.3 is 0 Å². The lowest BCUT2D eigenvalue weighted by Crippen LogP contribution is -1.87. The van der Waals surface area contributed by atoms with Crippen LogP contribution in [0, 0.1) is 6.92 Å². The van der Waals surface area contributed by atoms with Crippen molar-refractivity contribution in [3.8, 4) is 5.75 Å². The Hall–Kier alpha value is -1.18. The van der Waals surface area contributed by atoms with Crippen LogP contribution in [0.3, 0.4) is 0 Å². The monoisotopic (exact) mass is 167 g/mol. The second-order valence-electron chi connectivity index (χ2n) is 2.27. The molecule has 0 saturated carbocycles. The highest BCUT2D eigenvalue weighted by Gasteiger charge is 1.95. The summed E-state index contributed by atoms with van der Waals surface area (Å²) in [6.45, 7) is 5.94. The van der Waals surface area contributed by atoms with Gasteiger partial charge in [-0.3, -0.25) is 0 Å². The van der Waals surface area contributed by atoms with E-state index in [4.69, 9.17) is 0 Å². The summed E-state index contributed by atoms with van der Waals surface area (Å²) in [7, 11) is 1.78. The lowest BCUT2D eigenvalue weighted by molar-refractivity contribution is 0.477. The van der Waals surface area contributed by atoms with Crippen LogP contribution in [0.1, 0.15) is 19.4 Å². The lowest BCUT2D eigenvalue weighted by Gasteiger charge is -2.02. The van der Waals surface area contributed by atoms with Gasteiger partial charge in [-0.05, 0) is 24.6 Å². The second-order valence-corrected chi connectivity index (χ2v) is 2.27. The summed E-state index contributed by atoms with van der Waals surface area (Å²) in [6, 6.07) is 5.53. The zero-order chi connectivity index (χ0) is 9.56. The summed E-state index contributed by atoms with van der Waals surface area (Å²) < 4.78 is 0. The van der Waals surface area contributed by atoms with Crippen LogP contribution in [0.5, 0.6) is 5.75 Å². The molecule has 0 atom stereocenters. The SMILES string of the molecule is CC.CNc1ccc(C)cc1O. The van der Waals surface area contributed by atoms with Gasteiger partial charge in [0, 0.05) is 7.05 Å². The van der Waals surface area contributed by atoms with Gasteiger partial charge in [-0.15, -0.1) is 0 Å². The fourth-order valence-electron chi connectivity index (χ4n) is 0.853. The van der Waals surface area contributed by atoms with Crippen molar-refractivity contribution in [1.29, 1.82) is 0 Å². The van der Waals surface area contributed by atoms with Gasteiger partial charge in [0.2, 0.25) is 0 Å². The molecule has 1 aromatic carbocycles. The van der Waals surface area contributed by atoms with E-state index in [0.717, 1.165) is 11.3 Å². The first-order chi connectivity index (χ1) is 5.74. The van der Waals surface area contributed by atoms with Gasteiger partial charge < -0.3 is 10.4 Å². The molecule has 0 spiro atoms. The summed E-state index contributed by atoms with van der Waals surface area (Å²) in [5.41, 5.74) is 1.84. The molecule has 1 aromatic rings. The quantitative estimate of drug-likeness (QED) is 0.630. The van der Waals surface area contributed by atoms with E-state index < -0.39 is 0 Å². The smallest absolute Gasteiger partial charge is 0.138 e. The van der Waals surface area contributed by atoms with E-state index in [1.54, 1.807) is 13.1 Å². The van der Waals surface area contributed by atoms with Crippen LogP contribution < -0.4 is 5.32 Å². The number of hydrogen-bond donors (Lipinski definition) is 2. The van der Waals surface area contributed by atoms with Crippen molar-refractivity contribution in [2.75, 3.05) is 12.4 Å². The third kappa shape index (κ3) is 2.82. The molecule has 0 fully saturated rings. The Bertz CT molecular complexity index is 233. The maximum atomic E-state index is 9.23. The van der Waals surface area contributed by atoms with Crippen molar-refractivity contribution in [3.63, 3.8) is 0 Å². The molecule has 0 unspecified atom stereocenters. The Labute approximate surface area is 74.2 Å². The van der Waals surface area contributed by atoms with Crippen LogP contribution in [-0.4, -0.2) is 12.2 Å². The van der Waals surface area contributed by atoms with Gasteiger partial charge in [-0.25, -0.2) is 0 Å². The molecule has 0 radical (unpaired) electrons. The number of rotatable bonds is 1. The number of benzene rings is 1. The van der Waals surface area contributed by atoms with Gasteiger partial charge in [-0.2, -0.15) is 0 Å². The summed E-state index contributed by atoms with van der Waals surface area (Å²) in [5.74, 6) is 0.308. The van der Waals surface area contributed by atoms with Crippen molar-refractivity contribution in [2.45, 2.75) is 20.8 Å². The van der Waals surface area contributed by atoms with E-state index in [9.17, 15) is 5.11 Å². The first-order valence-electron chi connectivity index (χ1n) is 4.21. The van der Waals surface area contributed by atoms with E-state index in [0.29, 0.717) is 5.75 Å². The van der Waals surface area contributed by atoms with Gasteiger partial charge in [0.05, 0.1) is 5.69 Å². The van der Waals surface area contributed by atoms with Crippen molar-refractivity contribution < 1.29 is 5.11 Å². The Kier molecular flexibility index (Phi) is 4.93. The molecule has 1 rings (SSSR count). The molecule has 0 aromatic heterocycles. The fourth-order valence-corrected chi connectivity index (χ4v) is 0.853. The molecule has 0 heterocycles. The highest BCUT2D eigenvalue weighted by Crippen LogP contribution is 2.22. The van der Waals surface area contributed by atoms with E-state index in [1.807, 2.05) is 32.9 Å². The predicted octanol–water partition coefficient (Wildman–Crippen LogP) is 2.77. The third-order valence-electron chi connectivity index (χ3n) is 1.42. The first-order valence-corrected chi connectivity index (χ1v) is 4.21. The van der Waals surface area contributed by atoms with Crippen molar-refractivity contribution in [1.82, 2.24) is 0 Å². The molecular weight excluding hydrogens is 150 g/mol. The van der Waals surface area contributed by atoms with E-state index in [1.165, 1.54) is 0 Å². The molecular formula is C10H17NO. The van der Waals surface area contributed by atoms with Gasteiger partial charge in [-0.1, -0.05) is 19.9 Å².